The van der Waals surface area contributed by atoms with Crippen molar-refractivity contribution in [1.29, 1.82) is 0 Å². The lowest BCUT2D eigenvalue weighted by Crippen LogP contribution is -2.66. The van der Waals surface area contributed by atoms with Gasteiger partial charge in [-0.1, -0.05) is 30.3 Å². The maximum absolute atomic E-state index is 14.5. The number of hydrogen-bond donors (Lipinski definition) is 1. The number of hydrogen-bond acceptors (Lipinski definition) is 3. The topological polar surface area (TPSA) is 38.7 Å². The quantitative estimate of drug-likeness (QED) is 0.636. The van der Waals surface area contributed by atoms with Gasteiger partial charge in [-0.25, -0.2) is 0 Å². The van der Waals surface area contributed by atoms with Gasteiger partial charge in [0.25, 0.3) is 0 Å². The predicted molar refractivity (Wildman–Crippen MR) is 80.7 cm³/mol. The first-order valence-electron chi connectivity index (χ1n) is 8.38. The smallest absolute Gasteiger partial charge is 0.387 e. The van der Waals surface area contributed by atoms with E-state index >= 15 is 0 Å². The molecule has 0 radical (unpaired) electrons. The van der Waals surface area contributed by atoms with Crippen LogP contribution in [0, 0.1) is 5.92 Å². The summed E-state index contributed by atoms with van der Waals surface area (Å²) in [6, 6.07) is 7.12. The summed E-state index contributed by atoms with van der Waals surface area (Å²) < 4.78 is 130. The monoisotopic (exact) mass is 440 g/mol. The van der Waals surface area contributed by atoms with Crippen molar-refractivity contribution >= 4 is 0 Å². The molecule has 3 nitrogen and oxygen atoms in total. The molecule has 166 valence electrons. The highest BCUT2D eigenvalue weighted by Crippen LogP contribution is 2.58. The first-order chi connectivity index (χ1) is 13.2. The summed E-state index contributed by atoms with van der Waals surface area (Å²) in [5, 5.41) is 10.0. The maximum atomic E-state index is 14.5. The van der Waals surface area contributed by atoms with Gasteiger partial charge in [0.05, 0.1) is 12.0 Å². The number of halogens is 9. The Morgan fingerprint density at radius 1 is 0.966 bits per heavy atom. The summed E-state index contributed by atoms with van der Waals surface area (Å²) in [7, 11) is 0. The SMILES string of the molecule is CCO[C@@H]1OC(c2ccccc2)CC(C(F)(F)C(F)(F)C(F)(F)C(F)(F)F)C1O. The molecule has 1 aromatic rings. The first-order valence-corrected chi connectivity index (χ1v) is 8.38. The maximum Gasteiger partial charge on any atom is 0.460 e. The molecule has 0 spiro atoms. The van der Waals surface area contributed by atoms with Crippen LogP contribution in [0.1, 0.15) is 25.0 Å². The summed E-state index contributed by atoms with van der Waals surface area (Å²) in [6.07, 6.45) is -14.0. The van der Waals surface area contributed by atoms with Crippen molar-refractivity contribution in [3.8, 4) is 0 Å². The largest absolute Gasteiger partial charge is 0.460 e. The minimum Gasteiger partial charge on any atom is -0.387 e. The Kier molecular flexibility index (Phi) is 6.51. The average molecular weight is 440 g/mol. The Balaban J connectivity index is 2.47. The van der Waals surface area contributed by atoms with E-state index in [-0.39, 0.29) is 12.2 Å². The van der Waals surface area contributed by atoms with Crippen LogP contribution in [0.15, 0.2) is 30.3 Å². The second-order valence-corrected chi connectivity index (χ2v) is 6.46. The normalized spacial score (nSPS) is 27.1. The summed E-state index contributed by atoms with van der Waals surface area (Å²) in [5.74, 6) is -22.8. The highest BCUT2D eigenvalue weighted by molar-refractivity contribution is 5.19. The van der Waals surface area contributed by atoms with Crippen LogP contribution in [0.5, 0.6) is 0 Å². The summed E-state index contributed by atoms with van der Waals surface area (Å²) in [6.45, 7) is 1.11. The third kappa shape index (κ3) is 4.06. The van der Waals surface area contributed by atoms with E-state index in [0.717, 1.165) is 0 Å². The van der Waals surface area contributed by atoms with Crippen LogP contribution in [0.25, 0.3) is 0 Å². The van der Waals surface area contributed by atoms with E-state index < -0.39 is 54.8 Å². The van der Waals surface area contributed by atoms with Crippen LogP contribution in [-0.4, -0.2) is 48.1 Å². The molecule has 12 heteroatoms. The van der Waals surface area contributed by atoms with Gasteiger partial charge in [0.2, 0.25) is 0 Å². The van der Waals surface area contributed by atoms with Gasteiger partial charge in [-0.3, -0.25) is 0 Å². The molecule has 3 unspecified atom stereocenters. The zero-order valence-corrected chi connectivity index (χ0v) is 14.8. The minimum absolute atomic E-state index is 0.163. The standard InChI is InChI=1S/C17H17F9O3/c1-2-28-13-12(27)10(8-11(29-13)9-6-4-3-5-7-9)14(18,19)15(20,21)16(22,23)17(24,25)26/h3-7,10-13,27H,2,8H2,1H3/t10?,11?,12?,13-/m1/s1. The van der Waals surface area contributed by atoms with Crippen molar-refractivity contribution in [2.45, 2.75) is 55.8 Å². The number of alkyl halides is 9. The number of ether oxygens (including phenoxy) is 2. The zero-order valence-electron chi connectivity index (χ0n) is 14.8. The van der Waals surface area contributed by atoms with Crippen molar-refractivity contribution in [2.75, 3.05) is 6.61 Å². The van der Waals surface area contributed by atoms with E-state index in [0.29, 0.717) is 0 Å². The molecule has 1 aromatic carbocycles. The molecule has 1 N–H and O–H groups in total. The molecular weight excluding hydrogens is 423 g/mol. The molecule has 1 aliphatic heterocycles. The van der Waals surface area contributed by atoms with Gasteiger partial charge in [-0.15, -0.1) is 0 Å². The Bertz CT molecular complexity index is 678. The van der Waals surface area contributed by atoms with Crippen LogP contribution in [0.2, 0.25) is 0 Å². The average Bonchev–Trinajstić information content (AvgIpc) is 2.62. The molecule has 1 fully saturated rings. The first kappa shape index (κ1) is 23.7. The Labute approximate surface area is 159 Å². The number of benzene rings is 1. The van der Waals surface area contributed by atoms with E-state index in [4.69, 9.17) is 9.47 Å². The van der Waals surface area contributed by atoms with Crippen LogP contribution < -0.4 is 0 Å². The molecule has 0 aromatic heterocycles. The van der Waals surface area contributed by atoms with Gasteiger partial charge in [-0.2, -0.15) is 39.5 Å². The van der Waals surface area contributed by atoms with Crippen molar-refractivity contribution in [3.63, 3.8) is 0 Å². The molecule has 1 aliphatic rings. The second kappa shape index (κ2) is 7.95. The molecule has 0 saturated carbocycles. The lowest BCUT2D eigenvalue weighted by molar-refractivity contribution is -0.413. The molecule has 29 heavy (non-hydrogen) atoms. The number of rotatable bonds is 6. The molecule has 4 atom stereocenters. The summed E-state index contributed by atoms with van der Waals surface area (Å²) in [4.78, 5) is 0. The highest BCUT2D eigenvalue weighted by atomic mass is 19.4. The van der Waals surface area contributed by atoms with E-state index in [1.807, 2.05) is 0 Å². The van der Waals surface area contributed by atoms with Crippen molar-refractivity contribution < 1.29 is 54.1 Å². The number of aliphatic hydroxyl groups excluding tert-OH is 1. The van der Waals surface area contributed by atoms with Gasteiger partial charge in [0.1, 0.15) is 6.10 Å². The van der Waals surface area contributed by atoms with E-state index in [2.05, 4.69) is 0 Å². The van der Waals surface area contributed by atoms with Gasteiger partial charge in [0, 0.05) is 6.61 Å². The van der Waals surface area contributed by atoms with Crippen LogP contribution >= 0.6 is 0 Å². The van der Waals surface area contributed by atoms with Gasteiger partial charge < -0.3 is 14.6 Å². The van der Waals surface area contributed by atoms with E-state index in [9.17, 15) is 44.6 Å². The van der Waals surface area contributed by atoms with Gasteiger partial charge in [-0.05, 0) is 18.9 Å². The Hall–Kier alpha value is -1.53. The third-order valence-corrected chi connectivity index (χ3v) is 4.59. The molecular formula is C17H17F9O3. The fourth-order valence-corrected chi connectivity index (χ4v) is 3.02. The lowest BCUT2D eigenvalue weighted by Gasteiger charge is -2.45. The highest BCUT2D eigenvalue weighted by Gasteiger charge is 2.83. The predicted octanol–water partition coefficient (Wildman–Crippen LogP) is 4.96. The Morgan fingerprint density at radius 3 is 2.00 bits per heavy atom. The molecule has 0 bridgehead atoms. The fraction of sp³-hybridized carbons (Fsp3) is 0.647. The van der Waals surface area contributed by atoms with Crippen LogP contribution in [0.3, 0.4) is 0 Å². The Morgan fingerprint density at radius 2 is 1.52 bits per heavy atom. The van der Waals surface area contributed by atoms with Crippen molar-refractivity contribution in [1.82, 2.24) is 0 Å². The van der Waals surface area contributed by atoms with Gasteiger partial charge in [0.15, 0.2) is 6.29 Å². The van der Waals surface area contributed by atoms with E-state index in [1.165, 1.54) is 37.3 Å². The third-order valence-electron chi connectivity index (χ3n) is 4.59. The van der Waals surface area contributed by atoms with Crippen LogP contribution in [-0.2, 0) is 9.47 Å². The fourth-order valence-electron chi connectivity index (χ4n) is 3.02. The molecule has 0 amide bonds. The molecule has 2 rings (SSSR count). The van der Waals surface area contributed by atoms with E-state index in [1.54, 1.807) is 0 Å². The number of aliphatic hydroxyl groups is 1. The summed E-state index contributed by atoms with van der Waals surface area (Å²) in [5.41, 5.74) is 0.163. The van der Waals surface area contributed by atoms with Crippen molar-refractivity contribution in [2.24, 2.45) is 5.92 Å². The molecule has 1 heterocycles. The van der Waals surface area contributed by atoms with Crippen LogP contribution in [0.4, 0.5) is 39.5 Å². The summed E-state index contributed by atoms with van der Waals surface area (Å²) >= 11 is 0. The van der Waals surface area contributed by atoms with Gasteiger partial charge >= 0.3 is 23.9 Å². The minimum atomic E-state index is -7.04. The molecule has 1 saturated heterocycles. The lowest BCUT2D eigenvalue weighted by atomic mass is 9.80. The van der Waals surface area contributed by atoms with Crippen molar-refractivity contribution in [3.05, 3.63) is 35.9 Å². The second-order valence-electron chi connectivity index (χ2n) is 6.46. The zero-order chi connectivity index (χ0) is 22.3. The molecule has 0 aliphatic carbocycles.